The first-order valence-electron chi connectivity index (χ1n) is 5.02. The maximum Gasteiger partial charge on any atom is 0.304 e. The highest BCUT2D eigenvalue weighted by Crippen LogP contribution is 2.02. The van der Waals surface area contributed by atoms with Crippen LogP contribution in [0.3, 0.4) is 0 Å². The molecule has 0 saturated carbocycles. The number of carbonyl (C=O) groups is 2. The van der Waals surface area contributed by atoms with Crippen LogP contribution < -0.4 is 0 Å². The van der Waals surface area contributed by atoms with Crippen molar-refractivity contribution in [3.8, 4) is 11.8 Å². The van der Waals surface area contributed by atoms with E-state index in [0.29, 0.717) is 12.8 Å². The Hall–Kier alpha value is -1.50. The number of carboxylic acids is 2. The number of hydrogen-bond acceptors (Lipinski definition) is 2. The predicted molar refractivity (Wildman–Crippen MR) is 55.4 cm³/mol. The van der Waals surface area contributed by atoms with Crippen molar-refractivity contribution >= 4 is 11.9 Å². The third-order valence-electron chi connectivity index (χ3n) is 1.78. The van der Waals surface area contributed by atoms with Crippen LogP contribution in [0.15, 0.2) is 0 Å². The van der Waals surface area contributed by atoms with Crippen molar-refractivity contribution < 1.29 is 19.8 Å². The molecule has 0 atom stereocenters. The van der Waals surface area contributed by atoms with Gasteiger partial charge in [-0.15, -0.1) is 11.8 Å². The summed E-state index contributed by atoms with van der Waals surface area (Å²) in [5.41, 5.74) is 0. The van der Waals surface area contributed by atoms with Gasteiger partial charge < -0.3 is 10.2 Å². The Labute approximate surface area is 89.3 Å². The Balaban J connectivity index is 3.22. The van der Waals surface area contributed by atoms with Gasteiger partial charge in [0.05, 0.1) is 6.42 Å². The molecule has 0 fully saturated rings. The topological polar surface area (TPSA) is 74.6 Å². The molecule has 2 N–H and O–H groups in total. The van der Waals surface area contributed by atoms with E-state index >= 15 is 0 Å². The van der Waals surface area contributed by atoms with Crippen LogP contribution in [0, 0.1) is 11.8 Å². The monoisotopic (exact) mass is 212 g/mol. The Kier molecular flexibility index (Phi) is 8.16. The molecule has 0 heterocycles. The van der Waals surface area contributed by atoms with Crippen LogP contribution in [0.2, 0.25) is 0 Å². The van der Waals surface area contributed by atoms with Crippen LogP contribution in [-0.4, -0.2) is 22.2 Å². The summed E-state index contributed by atoms with van der Waals surface area (Å²) in [4.78, 5) is 20.3. The fourth-order valence-electron chi connectivity index (χ4n) is 1.01. The molecule has 0 spiro atoms. The van der Waals surface area contributed by atoms with Gasteiger partial charge in [-0.25, -0.2) is 0 Å². The van der Waals surface area contributed by atoms with Crippen molar-refractivity contribution in [2.75, 3.05) is 0 Å². The molecule has 0 amide bonds. The van der Waals surface area contributed by atoms with E-state index in [4.69, 9.17) is 10.2 Å². The molecular formula is C11H16O4. The van der Waals surface area contributed by atoms with E-state index in [2.05, 4.69) is 11.8 Å². The zero-order valence-corrected chi connectivity index (χ0v) is 8.66. The summed E-state index contributed by atoms with van der Waals surface area (Å²) in [7, 11) is 0. The van der Waals surface area contributed by atoms with Crippen molar-refractivity contribution in [2.45, 2.75) is 44.9 Å². The van der Waals surface area contributed by atoms with Gasteiger partial charge in [0.25, 0.3) is 0 Å². The molecule has 0 rings (SSSR count). The van der Waals surface area contributed by atoms with E-state index in [-0.39, 0.29) is 12.8 Å². The van der Waals surface area contributed by atoms with E-state index < -0.39 is 11.9 Å². The van der Waals surface area contributed by atoms with Crippen molar-refractivity contribution in [1.29, 1.82) is 0 Å². The second-order valence-corrected chi connectivity index (χ2v) is 3.20. The fourth-order valence-corrected chi connectivity index (χ4v) is 1.01. The third-order valence-corrected chi connectivity index (χ3v) is 1.78. The molecule has 0 unspecified atom stereocenters. The zero-order chi connectivity index (χ0) is 11.5. The normalized spacial score (nSPS) is 9.07. The van der Waals surface area contributed by atoms with E-state index in [1.807, 2.05) is 0 Å². The minimum absolute atomic E-state index is 0.0893. The van der Waals surface area contributed by atoms with Gasteiger partial charge in [-0.3, -0.25) is 9.59 Å². The Morgan fingerprint density at radius 3 is 2.00 bits per heavy atom. The standard InChI is InChI=1S/C11H16O4/c12-10(13)8-6-4-2-1-3-5-7-9-11(14)15/h1-2,4,6-9H2,(H,12,13)(H,14,15). The number of rotatable bonds is 7. The van der Waals surface area contributed by atoms with Gasteiger partial charge in [-0.1, -0.05) is 6.42 Å². The molecule has 0 bridgehead atoms. The number of carboxylic acid groups (broad SMARTS) is 2. The minimum Gasteiger partial charge on any atom is -0.481 e. The van der Waals surface area contributed by atoms with Crippen LogP contribution in [0.4, 0.5) is 0 Å². The molecule has 0 radical (unpaired) electrons. The van der Waals surface area contributed by atoms with Crippen molar-refractivity contribution in [2.24, 2.45) is 0 Å². The molecule has 15 heavy (non-hydrogen) atoms. The molecule has 0 aliphatic rings. The van der Waals surface area contributed by atoms with Crippen LogP contribution in [0.5, 0.6) is 0 Å². The van der Waals surface area contributed by atoms with Crippen molar-refractivity contribution in [3.63, 3.8) is 0 Å². The second-order valence-electron chi connectivity index (χ2n) is 3.20. The second kappa shape index (κ2) is 9.07. The molecule has 4 nitrogen and oxygen atoms in total. The molecule has 0 aromatic rings. The summed E-state index contributed by atoms with van der Waals surface area (Å²) in [6.45, 7) is 0. The lowest BCUT2D eigenvalue weighted by Gasteiger charge is -1.93. The maximum atomic E-state index is 10.2. The SMILES string of the molecule is O=C(O)CCC#CCCCCCC(=O)O. The van der Waals surface area contributed by atoms with Gasteiger partial charge in [0, 0.05) is 19.3 Å². The minimum atomic E-state index is -0.828. The zero-order valence-electron chi connectivity index (χ0n) is 8.66. The first kappa shape index (κ1) is 13.5. The predicted octanol–water partition coefficient (Wildman–Crippen LogP) is 1.89. The largest absolute Gasteiger partial charge is 0.481 e. The highest BCUT2D eigenvalue weighted by molar-refractivity contribution is 5.67. The third kappa shape index (κ3) is 12.5. The molecule has 0 aromatic heterocycles. The Morgan fingerprint density at radius 1 is 0.800 bits per heavy atom. The molecule has 0 saturated heterocycles. The van der Waals surface area contributed by atoms with E-state index in [1.165, 1.54) is 0 Å². The average molecular weight is 212 g/mol. The number of unbranched alkanes of at least 4 members (excludes halogenated alkanes) is 3. The summed E-state index contributed by atoms with van der Waals surface area (Å²) in [6, 6.07) is 0. The first-order chi connectivity index (χ1) is 7.13. The molecule has 84 valence electrons. The van der Waals surface area contributed by atoms with Gasteiger partial charge in [-0.2, -0.15) is 0 Å². The van der Waals surface area contributed by atoms with Gasteiger partial charge in [0.2, 0.25) is 0 Å². The number of aliphatic carboxylic acids is 2. The quantitative estimate of drug-likeness (QED) is 0.499. The Morgan fingerprint density at radius 2 is 1.40 bits per heavy atom. The van der Waals surface area contributed by atoms with Crippen LogP contribution in [0.1, 0.15) is 44.9 Å². The lowest BCUT2D eigenvalue weighted by atomic mass is 10.1. The van der Waals surface area contributed by atoms with Crippen molar-refractivity contribution in [3.05, 3.63) is 0 Å². The summed E-state index contributed by atoms with van der Waals surface area (Å²) < 4.78 is 0. The summed E-state index contributed by atoms with van der Waals surface area (Å²) in [5, 5.41) is 16.7. The van der Waals surface area contributed by atoms with E-state index in [9.17, 15) is 9.59 Å². The highest BCUT2D eigenvalue weighted by atomic mass is 16.4. The summed E-state index contributed by atoms with van der Waals surface area (Å²) >= 11 is 0. The van der Waals surface area contributed by atoms with Crippen LogP contribution in [0.25, 0.3) is 0 Å². The highest BCUT2D eigenvalue weighted by Gasteiger charge is 1.95. The fraction of sp³-hybridized carbons (Fsp3) is 0.636. The lowest BCUT2D eigenvalue weighted by molar-refractivity contribution is -0.138. The molecular weight excluding hydrogens is 196 g/mol. The summed E-state index contributed by atoms with van der Waals surface area (Å²) in [6.07, 6.45) is 3.85. The summed E-state index contributed by atoms with van der Waals surface area (Å²) in [5.74, 6) is 4.05. The van der Waals surface area contributed by atoms with Gasteiger partial charge in [0.1, 0.15) is 0 Å². The maximum absolute atomic E-state index is 10.2. The van der Waals surface area contributed by atoms with Gasteiger partial charge in [0.15, 0.2) is 0 Å². The molecule has 0 aliphatic carbocycles. The Bertz CT molecular complexity index is 259. The molecule has 0 aromatic carbocycles. The molecule has 0 aliphatic heterocycles. The smallest absolute Gasteiger partial charge is 0.304 e. The number of hydrogen-bond donors (Lipinski definition) is 2. The van der Waals surface area contributed by atoms with Gasteiger partial charge >= 0.3 is 11.9 Å². The van der Waals surface area contributed by atoms with E-state index in [1.54, 1.807) is 0 Å². The average Bonchev–Trinajstić information content (AvgIpc) is 2.14. The van der Waals surface area contributed by atoms with Crippen LogP contribution >= 0.6 is 0 Å². The van der Waals surface area contributed by atoms with Gasteiger partial charge in [-0.05, 0) is 12.8 Å². The molecule has 4 heteroatoms. The lowest BCUT2D eigenvalue weighted by Crippen LogP contribution is -1.93. The first-order valence-corrected chi connectivity index (χ1v) is 5.02. The van der Waals surface area contributed by atoms with Crippen molar-refractivity contribution in [1.82, 2.24) is 0 Å². The van der Waals surface area contributed by atoms with Crippen LogP contribution in [-0.2, 0) is 9.59 Å². The van der Waals surface area contributed by atoms with E-state index in [0.717, 1.165) is 19.3 Å².